The maximum absolute atomic E-state index is 12.2. The first-order chi connectivity index (χ1) is 11.3. The van der Waals surface area contributed by atoms with E-state index in [1.807, 2.05) is 52.8 Å². The van der Waals surface area contributed by atoms with Gasteiger partial charge in [-0.1, -0.05) is 55.9 Å². The fourth-order valence-electron chi connectivity index (χ4n) is 2.44. The molecule has 2 atom stereocenters. The van der Waals surface area contributed by atoms with Gasteiger partial charge in [0.25, 0.3) is 0 Å². The van der Waals surface area contributed by atoms with Gasteiger partial charge in [-0.2, -0.15) is 0 Å². The summed E-state index contributed by atoms with van der Waals surface area (Å²) in [6.45, 7) is 11.4. The predicted octanol–water partition coefficient (Wildman–Crippen LogP) is 5.08. The van der Waals surface area contributed by atoms with E-state index in [1.165, 1.54) is 17.3 Å². The van der Waals surface area contributed by atoms with Gasteiger partial charge in [0.05, 0.1) is 24.2 Å². The summed E-state index contributed by atoms with van der Waals surface area (Å²) in [5.74, 6) is 0.717. The second kappa shape index (κ2) is 10.9. The number of benzene rings is 1. The zero-order chi connectivity index (χ0) is 18.0. The van der Waals surface area contributed by atoms with E-state index >= 15 is 0 Å². The van der Waals surface area contributed by atoms with Crippen molar-refractivity contribution in [3.63, 3.8) is 0 Å². The minimum atomic E-state index is -0.249. The molecule has 1 rings (SSSR count). The fraction of sp³-hybridized carbons (Fsp3) is 0.650. The molecule has 0 spiro atoms. The Balaban J connectivity index is 2.42. The van der Waals surface area contributed by atoms with Crippen LogP contribution in [0.3, 0.4) is 0 Å². The van der Waals surface area contributed by atoms with Crippen molar-refractivity contribution in [2.24, 2.45) is 5.92 Å². The van der Waals surface area contributed by atoms with Gasteiger partial charge in [0.15, 0.2) is 5.12 Å². The van der Waals surface area contributed by atoms with E-state index in [-0.39, 0.29) is 22.7 Å². The molecule has 0 aromatic heterocycles. The maximum Gasteiger partial charge on any atom is 0.194 e. The highest BCUT2D eigenvalue weighted by Gasteiger charge is 2.28. The van der Waals surface area contributed by atoms with Crippen LogP contribution in [0.2, 0.25) is 0 Å². The smallest absolute Gasteiger partial charge is 0.194 e. The molecule has 0 radical (unpaired) electrons. The largest absolute Gasteiger partial charge is 0.377 e. The number of ether oxygens (including phenoxy) is 2. The van der Waals surface area contributed by atoms with Crippen molar-refractivity contribution in [1.82, 2.24) is 0 Å². The first-order valence-corrected chi connectivity index (χ1v) is 9.78. The lowest BCUT2D eigenvalue weighted by Gasteiger charge is -2.31. The van der Waals surface area contributed by atoms with Crippen LogP contribution in [0.4, 0.5) is 0 Å². The third-order valence-corrected chi connectivity index (χ3v) is 4.55. The van der Waals surface area contributed by atoms with E-state index in [4.69, 9.17) is 9.47 Å². The van der Waals surface area contributed by atoms with Crippen molar-refractivity contribution in [2.75, 3.05) is 12.4 Å². The topological polar surface area (TPSA) is 35.5 Å². The van der Waals surface area contributed by atoms with Crippen LogP contribution in [-0.4, -0.2) is 29.2 Å². The number of carbonyl (C=O) groups is 1. The zero-order valence-electron chi connectivity index (χ0n) is 15.7. The standard InChI is InChI=1S/C20H32O3S/c1-6-24-19(21)16(2)18(23-20(3,4)5)13-10-14-22-15-17-11-8-7-9-12-17/h7-9,11-12,16,18H,6,10,13-15H2,1-5H3/t16-,18+/m1/s1. The lowest BCUT2D eigenvalue weighted by molar-refractivity contribution is -0.127. The van der Waals surface area contributed by atoms with Crippen molar-refractivity contribution < 1.29 is 14.3 Å². The molecule has 0 fully saturated rings. The van der Waals surface area contributed by atoms with Gasteiger partial charge in [-0.15, -0.1) is 0 Å². The van der Waals surface area contributed by atoms with Crippen LogP contribution in [-0.2, 0) is 20.9 Å². The summed E-state index contributed by atoms with van der Waals surface area (Å²) >= 11 is 1.38. The SMILES string of the molecule is CCSC(=O)[C@H](C)[C@H](CCCOCc1ccccc1)OC(C)(C)C. The van der Waals surface area contributed by atoms with Crippen LogP contribution in [0, 0.1) is 5.92 Å². The molecule has 0 amide bonds. The Morgan fingerprint density at radius 1 is 1.21 bits per heavy atom. The van der Waals surface area contributed by atoms with Crippen molar-refractivity contribution in [2.45, 2.75) is 65.8 Å². The number of hydrogen-bond donors (Lipinski definition) is 0. The summed E-state index contributed by atoms with van der Waals surface area (Å²) in [6.07, 6.45) is 1.67. The first kappa shape index (κ1) is 21.2. The molecule has 0 heterocycles. The van der Waals surface area contributed by atoms with Gasteiger partial charge < -0.3 is 9.47 Å². The molecule has 24 heavy (non-hydrogen) atoms. The molecule has 0 unspecified atom stereocenters. The van der Waals surface area contributed by atoms with Crippen molar-refractivity contribution in [3.8, 4) is 0 Å². The third kappa shape index (κ3) is 8.86. The average molecular weight is 353 g/mol. The highest BCUT2D eigenvalue weighted by molar-refractivity contribution is 8.13. The molecular weight excluding hydrogens is 320 g/mol. The second-order valence-electron chi connectivity index (χ2n) is 6.99. The molecule has 0 aliphatic carbocycles. The van der Waals surface area contributed by atoms with E-state index in [9.17, 15) is 4.79 Å². The van der Waals surface area contributed by atoms with E-state index in [1.54, 1.807) is 0 Å². The summed E-state index contributed by atoms with van der Waals surface area (Å²) in [7, 11) is 0. The van der Waals surface area contributed by atoms with Gasteiger partial charge in [0.2, 0.25) is 0 Å². The molecular formula is C20H32O3S. The molecule has 0 aliphatic rings. The molecule has 0 saturated carbocycles. The highest BCUT2D eigenvalue weighted by Crippen LogP contribution is 2.24. The molecule has 3 nitrogen and oxygen atoms in total. The normalized spacial score (nSPS) is 14.4. The maximum atomic E-state index is 12.2. The molecule has 0 N–H and O–H groups in total. The van der Waals surface area contributed by atoms with Crippen LogP contribution >= 0.6 is 11.8 Å². The van der Waals surface area contributed by atoms with Crippen LogP contribution in [0.5, 0.6) is 0 Å². The molecule has 0 bridgehead atoms. The average Bonchev–Trinajstić information content (AvgIpc) is 2.53. The summed E-state index contributed by atoms with van der Waals surface area (Å²) in [5.41, 5.74) is 0.934. The van der Waals surface area contributed by atoms with E-state index in [0.717, 1.165) is 18.6 Å². The Labute approximate surface area is 151 Å². The van der Waals surface area contributed by atoms with E-state index in [2.05, 4.69) is 12.1 Å². The Hall–Kier alpha value is -0.840. The number of thioether (sulfide) groups is 1. The van der Waals surface area contributed by atoms with Gasteiger partial charge in [0, 0.05) is 6.61 Å². The Morgan fingerprint density at radius 2 is 1.88 bits per heavy atom. The lowest BCUT2D eigenvalue weighted by atomic mass is 10.00. The zero-order valence-corrected chi connectivity index (χ0v) is 16.5. The van der Waals surface area contributed by atoms with Crippen molar-refractivity contribution in [1.29, 1.82) is 0 Å². The van der Waals surface area contributed by atoms with E-state index < -0.39 is 0 Å². The summed E-state index contributed by atoms with van der Waals surface area (Å²) in [5, 5.41) is 0.219. The first-order valence-electron chi connectivity index (χ1n) is 8.79. The molecule has 4 heteroatoms. The predicted molar refractivity (Wildman–Crippen MR) is 102 cm³/mol. The number of carbonyl (C=O) groups excluding carboxylic acids is 1. The molecule has 0 saturated heterocycles. The van der Waals surface area contributed by atoms with E-state index in [0.29, 0.717) is 13.2 Å². The minimum Gasteiger partial charge on any atom is -0.377 e. The van der Waals surface area contributed by atoms with Gasteiger partial charge in [-0.05, 0) is 44.9 Å². The minimum absolute atomic E-state index is 0.0584. The molecule has 1 aromatic carbocycles. The second-order valence-corrected chi connectivity index (χ2v) is 8.26. The fourth-order valence-corrected chi connectivity index (χ4v) is 3.14. The van der Waals surface area contributed by atoms with Crippen LogP contribution in [0.25, 0.3) is 0 Å². The monoisotopic (exact) mass is 352 g/mol. The van der Waals surface area contributed by atoms with Gasteiger partial charge >= 0.3 is 0 Å². The van der Waals surface area contributed by atoms with Crippen LogP contribution < -0.4 is 0 Å². The highest BCUT2D eigenvalue weighted by atomic mass is 32.2. The third-order valence-electron chi connectivity index (χ3n) is 3.61. The number of hydrogen-bond acceptors (Lipinski definition) is 4. The van der Waals surface area contributed by atoms with Gasteiger partial charge in [-0.25, -0.2) is 0 Å². The van der Waals surface area contributed by atoms with Gasteiger partial charge in [0.1, 0.15) is 0 Å². The van der Waals surface area contributed by atoms with Crippen LogP contribution in [0.1, 0.15) is 53.0 Å². The van der Waals surface area contributed by atoms with Gasteiger partial charge in [-0.3, -0.25) is 4.79 Å². The quantitative estimate of drug-likeness (QED) is 0.550. The lowest BCUT2D eigenvalue weighted by Crippen LogP contribution is -2.35. The Kier molecular flexibility index (Phi) is 9.64. The van der Waals surface area contributed by atoms with Crippen molar-refractivity contribution in [3.05, 3.63) is 35.9 Å². The summed E-state index contributed by atoms with van der Waals surface area (Å²) in [6, 6.07) is 10.2. The Bertz CT molecular complexity index is 468. The van der Waals surface area contributed by atoms with Crippen LogP contribution in [0.15, 0.2) is 30.3 Å². The molecule has 136 valence electrons. The summed E-state index contributed by atoms with van der Waals surface area (Å²) < 4.78 is 11.9. The summed E-state index contributed by atoms with van der Waals surface area (Å²) in [4.78, 5) is 12.2. The molecule has 0 aliphatic heterocycles. The molecule has 1 aromatic rings. The number of rotatable bonds is 10. The Morgan fingerprint density at radius 3 is 2.46 bits per heavy atom. The van der Waals surface area contributed by atoms with Crippen molar-refractivity contribution >= 4 is 16.9 Å².